The lowest BCUT2D eigenvalue weighted by molar-refractivity contribution is -0.117. The number of aliphatic hydroxyl groups excluding tert-OH is 1. The van der Waals surface area contributed by atoms with Gasteiger partial charge in [-0.15, -0.1) is 0 Å². The third kappa shape index (κ3) is 6.04. The van der Waals surface area contributed by atoms with E-state index in [1.165, 1.54) is 6.08 Å². The van der Waals surface area contributed by atoms with Crippen LogP contribution in [-0.4, -0.2) is 35.3 Å². The first-order valence-corrected chi connectivity index (χ1v) is 9.55. The Hall–Kier alpha value is -2.45. The highest BCUT2D eigenvalue weighted by Gasteiger charge is 2.07. The molecule has 0 saturated carbocycles. The van der Waals surface area contributed by atoms with Gasteiger partial charge in [0.2, 0.25) is 5.91 Å². The topological polar surface area (TPSA) is 71.5 Å². The summed E-state index contributed by atoms with van der Waals surface area (Å²) in [7, 11) is 0. The normalized spacial score (nSPS) is 12.2. The summed E-state index contributed by atoms with van der Waals surface area (Å²) in [6.07, 6.45) is 4.15. The van der Waals surface area contributed by atoms with Gasteiger partial charge in [0, 0.05) is 27.8 Å². The van der Waals surface area contributed by atoms with Gasteiger partial charge in [0.25, 0.3) is 0 Å². The first-order chi connectivity index (χ1) is 13.1. The summed E-state index contributed by atoms with van der Waals surface area (Å²) in [4.78, 5) is 16.2. The van der Waals surface area contributed by atoms with Gasteiger partial charge in [0.1, 0.15) is 18.5 Å². The smallest absolute Gasteiger partial charge is 0.244 e. The van der Waals surface area contributed by atoms with Gasteiger partial charge in [-0.05, 0) is 76.7 Å². The molecule has 1 atom stereocenters. The van der Waals surface area contributed by atoms with Gasteiger partial charge < -0.3 is 15.2 Å². The molecular formula is C21H19IN2O3. The molecule has 27 heavy (non-hydrogen) atoms. The molecule has 1 aromatic heterocycles. The summed E-state index contributed by atoms with van der Waals surface area (Å²) in [6.45, 7) is 0.234. The minimum atomic E-state index is -0.784. The van der Waals surface area contributed by atoms with Crippen molar-refractivity contribution in [3.05, 3.63) is 76.0 Å². The molecule has 0 fully saturated rings. The van der Waals surface area contributed by atoms with Gasteiger partial charge in [-0.1, -0.05) is 12.1 Å². The lowest BCUT2D eigenvalue weighted by atomic mass is 10.1. The zero-order valence-electron chi connectivity index (χ0n) is 14.5. The predicted molar refractivity (Wildman–Crippen MR) is 114 cm³/mol. The molecule has 3 rings (SSSR count). The van der Waals surface area contributed by atoms with Crippen LogP contribution in [0.2, 0.25) is 0 Å². The van der Waals surface area contributed by atoms with Crippen molar-refractivity contribution < 1.29 is 14.6 Å². The van der Waals surface area contributed by atoms with E-state index in [1.54, 1.807) is 12.3 Å². The summed E-state index contributed by atoms with van der Waals surface area (Å²) in [5.41, 5.74) is 1.82. The van der Waals surface area contributed by atoms with Gasteiger partial charge in [-0.2, -0.15) is 0 Å². The zero-order valence-corrected chi connectivity index (χ0v) is 16.7. The first kappa shape index (κ1) is 19.3. The number of rotatable bonds is 7. The monoisotopic (exact) mass is 474 g/mol. The van der Waals surface area contributed by atoms with E-state index in [4.69, 9.17) is 4.74 Å². The Kier molecular flexibility index (Phi) is 6.78. The Morgan fingerprint density at radius 1 is 1.22 bits per heavy atom. The molecule has 0 aliphatic heterocycles. The molecule has 2 aromatic carbocycles. The highest BCUT2D eigenvalue weighted by atomic mass is 127. The van der Waals surface area contributed by atoms with Gasteiger partial charge >= 0.3 is 0 Å². The summed E-state index contributed by atoms with van der Waals surface area (Å²) < 4.78 is 6.61. The van der Waals surface area contributed by atoms with Crippen LogP contribution in [0.1, 0.15) is 5.56 Å². The molecule has 1 heterocycles. The molecule has 2 N–H and O–H groups in total. The van der Waals surface area contributed by atoms with Crippen molar-refractivity contribution in [2.24, 2.45) is 0 Å². The number of nitrogens with one attached hydrogen (secondary N) is 1. The minimum absolute atomic E-state index is 0.113. The van der Waals surface area contributed by atoms with Crippen LogP contribution in [0.5, 0.6) is 5.75 Å². The molecule has 0 aliphatic rings. The average Bonchev–Trinajstić information content (AvgIpc) is 2.70. The lowest BCUT2D eigenvalue weighted by Crippen LogP contribution is -2.34. The second-order valence-electron chi connectivity index (χ2n) is 5.95. The van der Waals surface area contributed by atoms with E-state index in [1.807, 2.05) is 54.6 Å². The number of aliphatic hydroxyl groups is 1. The number of carbonyl (C=O) groups excluding carboxylic acids is 1. The SMILES string of the molecule is O=C(/C=C/c1ccc2ncccc2c1)NCC(O)COc1ccc(I)cc1. The van der Waals surface area contributed by atoms with E-state index in [2.05, 4.69) is 32.9 Å². The minimum Gasteiger partial charge on any atom is -0.491 e. The third-order valence-corrected chi connectivity index (χ3v) is 4.54. The molecule has 0 bridgehead atoms. The van der Waals surface area contributed by atoms with E-state index in [0.29, 0.717) is 5.75 Å². The summed E-state index contributed by atoms with van der Waals surface area (Å²) in [6, 6.07) is 17.2. The van der Waals surface area contributed by atoms with Gasteiger partial charge in [-0.3, -0.25) is 9.78 Å². The number of hydrogen-bond acceptors (Lipinski definition) is 4. The van der Waals surface area contributed by atoms with Crippen LogP contribution in [-0.2, 0) is 4.79 Å². The van der Waals surface area contributed by atoms with Crippen molar-refractivity contribution in [3.63, 3.8) is 0 Å². The number of hydrogen-bond donors (Lipinski definition) is 2. The maximum atomic E-state index is 11.9. The standard InChI is InChI=1S/C21H19IN2O3/c22-17-5-7-19(8-6-17)27-14-18(25)13-24-21(26)10-4-15-3-9-20-16(12-15)2-1-11-23-20/h1-12,18,25H,13-14H2,(H,24,26)/b10-4+. The van der Waals surface area contributed by atoms with Crippen LogP contribution in [0.4, 0.5) is 0 Å². The highest BCUT2D eigenvalue weighted by molar-refractivity contribution is 14.1. The first-order valence-electron chi connectivity index (χ1n) is 8.47. The maximum Gasteiger partial charge on any atom is 0.244 e. The number of pyridine rings is 1. The average molecular weight is 474 g/mol. The van der Waals surface area contributed by atoms with Crippen LogP contribution < -0.4 is 10.1 Å². The largest absolute Gasteiger partial charge is 0.491 e. The second-order valence-corrected chi connectivity index (χ2v) is 7.20. The van der Waals surface area contributed by atoms with Crippen molar-refractivity contribution in [1.29, 1.82) is 0 Å². The number of halogens is 1. The molecule has 138 valence electrons. The molecule has 0 saturated heterocycles. The molecule has 3 aromatic rings. The molecule has 6 heteroatoms. The van der Waals surface area contributed by atoms with E-state index in [-0.39, 0.29) is 19.1 Å². The maximum absolute atomic E-state index is 11.9. The number of fused-ring (bicyclic) bond motifs is 1. The van der Waals surface area contributed by atoms with Crippen molar-refractivity contribution >= 4 is 45.5 Å². The highest BCUT2D eigenvalue weighted by Crippen LogP contribution is 2.15. The van der Waals surface area contributed by atoms with Crippen LogP contribution in [0.15, 0.2) is 66.9 Å². The fourth-order valence-corrected chi connectivity index (χ4v) is 2.79. The van der Waals surface area contributed by atoms with Gasteiger partial charge in [-0.25, -0.2) is 0 Å². The zero-order chi connectivity index (χ0) is 19.1. The number of ether oxygens (including phenoxy) is 1. The number of benzene rings is 2. The number of aromatic nitrogens is 1. The fraction of sp³-hybridized carbons (Fsp3) is 0.143. The van der Waals surface area contributed by atoms with E-state index < -0.39 is 6.10 Å². The van der Waals surface area contributed by atoms with Crippen molar-refractivity contribution in [3.8, 4) is 5.75 Å². The Morgan fingerprint density at radius 3 is 2.85 bits per heavy atom. The number of amides is 1. The van der Waals surface area contributed by atoms with Crippen LogP contribution in [0, 0.1) is 3.57 Å². The Balaban J connectivity index is 1.45. The predicted octanol–water partition coefficient (Wildman–Crippen LogP) is 3.41. The van der Waals surface area contributed by atoms with E-state index in [0.717, 1.165) is 20.0 Å². The molecule has 0 radical (unpaired) electrons. The van der Waals surface area contributed by atoms with Crippen LogP contribution in [0.3, 0.4) is 0 Å². The second kappa shape index (κ2) is 9.48. The molecule has 5 nitrogen and oxygen atoms in total. The molecule has 0 aliphatic carbocycles. The van der Waals surface area contributed by atoms with Gasteiger partial charge in [0.05, 0.1) is 5.52 Å². The fourth-order valence-electron chi connectivity index (χ4n) is 2.43. The van der Waals surface area contributed by atoms with Crippen LogP contribution in [0.25, 0.3) is 17.0 Å². The number of carbonyl (C=O) groups is 1. The van der Waals surface area contributed by atoms with Crippen molar-refractivity contribution in [1.82, 2.24) is 10.3 Å². The molecular weight excluding hydrogens is 455 g/mol. The van der Waals surface area contributed by atoms with Gasteiger partial charge in [0.15, 0.2) is 0 Å². The Bertz CT molecular complexity index is 942. The molecule has 1 unspecified atom stereocenters. The van der Waals surface area contributed by atoms with Crippen molar-refractivity contribution in [2.75, 3.05) is 13.2 Å². The summed E-state index contributed by atoms with van der Waals surface area (Å²) in [5.74, 6) is 0.418. The Morgan fingerprint density at radius 2 is 2.04 bits per heavy atom. The quantitative estimate of drug-likeness (QED) is 0.407. The lowest BCUT2D eigenvalue weighted by Gasteiger charge is -2.12. The summed E-state index contributed by atoms with van der Waals surface area (Å²) >= 11 is 2.21. The van der Waals surface area contributed by atoms with E-state index >= 15 is 0 Å². The Labute approximate surface area is 171 Å². The van der Waals surface area contributed by atoms with Crippen molar-refractivity contribution in [2.45, 2.75) is 6.10 Å². The molecule has 0 spiro atoms. The molecule has 1 amide bonds. The van der Waals surface area contributed by atoms with E-state index in [9.17, 15) is 9.90 Å². The number of nitrogens with zero attached hydrogens (tertiary/aromatic N) is 1. The summed E-state index contributed by atoms with van der Waals surface area (Å²) in [5, 5.41) is 13.6. The third-order valence-electron chi connectivity index (χ3n) is 3.82. The van der Waals surface area contributed by atoms with Crippen LogP contribution >= 0.6 is 22.6 Å².